The third kappa shape index (κ3) is 2.13. The van der Waals surface area contributed by atoms with Crippen molar-refractivity contribution in [1.82, 2.24) is 9.78 Å². The highest BCUT2D eigenvalue weighted by atomic mass is 16.6. The first-order valence-electron chi connectivity index (χ1n) is 5.31. The Balaban J connectivity index is 2.34. The molecule has 0 saturated heterocycles. The number of rotatable bonds is 2. The van der Waals surface area contributed by atoms with Crippen molar-refractivity contribution < 1.29 is 9.72 Å². The lowest BCUT2D eigenvalue weighted by Crippen LogP contribution is -2.15. The minimum atomic E-state index is -0.502. The molecule has 0 aliphatic carbocycles. The van der Waals surface area contributed by atoms with Crippen LogP contribution in [0.4, 0.5) is 5.69 Å². The molecular formula is C12H11N3O3. The Kier molecular flexibility index (Phi) is 2.93. The molecule has 1 aromatic carbocycles. The molecule has 0 aliphatic rings. The summed E-state index contributed by atoms with van der Waals surface area (Å²) in [6, 6.07) is 7.26. The SMILES string of the molecule is Cc1cc(C)n(C(=O)c2ccc([N+](=O)[O-])cc2)n1. The zero-order valence-corrected chi connectivity index (χ0v) is 9.95. The molecule has 0 aliphatic heterocycles. The Bertz CT molecular complexity index is 614. The van der Waals surface area contributed by atoms with Crippen LogP contribution in [0.15, 0.2) is 30.3 Å². The molecule has 0 spiro atoms. The molecule has 6 heteroatoms. The van der Waals surface area contributed by atoms with Gasteiger partial charge in [0.1, 0.15) is 0 Å². The van der Waals surface area contributed by atoms with Crippen LogP contribution in [0, 0.1) is 24.0 Å². The van der Waals surface area contributed by atoms with Gasteiger partial charge >= 0.3 is 0 Å². The molecule has 2 aromatic rings. The Hall–Kier alpha value is -2.50. The maximum atomic E-state index is 12.1. The normalized spacial score (nSPS) is 10.3. The summed E-state index contributed by atoms with van der Waals surface area (Å²) in [5.41, 5.74) is 1.81. The van der Waals surface area contributed by atoms with Gasteiger partial charge in [0.2, 0.25) is 0 Å². The highest BCUT2D eigenvalue weighted by Crippen LogP contribution is 2.13. The number of non-ortho nitro benzene ring substituents is 1. The van der Waals surface area contributed by atoms with Crippen LogP contribution in [0.25, 0.3) is 0 Å². The van der Waals surface area contributed by atoms with Gasteiger partial charge in [-0.1, -0.05) is 0 Å². The maximum Gasteiger partial charge on any atom is 0.278 e. The lowest BCUT2D eigenvalue weighted by atomic mass is 10.2. The van der Waals surface area contributed by atoms with Gasteiger partial charge in [-0.05, 0) is 32.0 Å². The summed E-state index contributed by atoms with van der Waals surface area (Å²) in [5.74, 6) is -0.296. The zero-order valence-electron chi connectivity index (χ0n) is 9.95. The largest absolute Gasteiger partial charge is 0.278 e. The molecule has 2 rings (SSSR count). The van der Waals surface area contributed by atoms with Gasteiger partial charge in [-0.15, -0.1) is 0 Å². The number of nitro groups is 1. The van der Waals surface area contributed by atoms with E-state index in [4.69, 9.17) is 0 Å². The van der Waals surface area contributed by atoms with Gasteiger partial charge in [-0.3, -0.25) is 14.9 Å². The molecule has 1 heterocycles. The summed E-state index contributed by atoms with van der Waals surface area (Å²) in [4.78, 5) is 22.1. The predicted molar refractivity (Wildman–Crippen MR) is 64.5 cm³/mol. The van der Waals surface area contributed by atoms with Crippen LogP contribution in [0.3, 0.4) is 0 Å². The predicted octanol–water partition coefficient (Wildman–Crippen LogP) is 2.10. The van der Waals surface area contributed by atoms with Crippen molar-refractivity contribution in [3.8, 4) is 0 Å². The van der Waals surface area contributed by atoms with E-state index in [1.54, 1.807) is 19.9 Å². The van der Waals surface area contributed by atoms with Gasteiger partial charge in [-0.25, -0.2) is 4.68 Å². The smallest absolute Gasteiger partial charge is 0.267 e. The van der Waals surface area contributed by atoms with Crippen LogP contribution < -0.4 is 0 Å². The third-order valence-corrected chi connectivity index (χ3v) is 2.53. The Morgan fingerprint density at radius 3 is 2.33 bits per heavy atom. The minimum absolute atomic E-state index is 0.0417. The van der Waals surface area contributed by atoms with E-state index in [1.807, 2.05) is 0 Å². The fourth-order valence-corrected chi connectivity index (χ4v) is 1.68. The van der Waals surface area contributed by atoms with E-state index in [9.17, 15) is 14.9 Å². The zero-order chi connectivity index (χ0) is 13.3. The van der Waals surface area contributed by atoms with Gasteiger partial charge in [0.15, 0.2) is 0 Å². The molecule has 0 radical (unpaired) electrons. The highest BCUT2D eigenvalue weighted by molar-refractivity contribution is 5.95. The van der Waals surface area contributed by atoms with Crippen molar-refractivity contribution in [2.24, 2.45) is 0 Å². The molecule has 0 unspecified atom stereocenters. The molecule has 6 nitrogen and oxygen atoms in total. The first-order chi connectivity index (χ1) is 8.49. The first kappa shape index (κ1) is 12.0. The van der Waals surface area contributed by atoms with Gasteiger partial charge in [0.25, 0.3) is 11.6 Å². The summed E-state index contributed by atoms with van der Waals surface area (Å²) in [7, 11) is 0. The second-order valence-corrected chi connectivity index (χ2v) is 3.95. The van der Waals surface area contributed by atoms with E-state index in [2.05, 4.69) is 5.10 Å². The molecule has 0 fully saturated rings. The van der Waals surface area contributed by atoms with Crippen molar-refractivity contribution in [3.63, 3.8) is 0 Å². The lowest BCUT2D eigenvalue weighted by molar-refractivity contribution is -0.384. The summed E-state index contributed by atoms with van der Waals surface area (Å²) in [6.45, 7) is 3.58. The second-order valence-electron chi connectivity index (χ2n) is 3.95. The van der Waals surface area contributed by atoms with Crippen molar-refractivity contribution in [2.75, 3.05) is 0 Å². The number of nitrogens with zero attached hydrogens (tertiary/aromatic N) is 3. The number of nitro benzene ring substituents is 1. The molecular weight excluding hydrogens is 234 g/mol. The van der Waals surface area contributed by atoms with Gasteiger partial charge in [-0.2, -0.15) is 5.10 Å². The highest BCUT2D eigenvalue weighted by Gasteiger charge is 2.14. The van der Waals surface area contributed by atoms with E-state index in [0.29, 0.717) is 5.56 Å². The Morgan fingerprint density at radius 2 is 1.89 bits per heavy atom. The number of hydrogen-bond acceptors (Lipinski definition) is 4. The van der Waals surface area contributed by atoms with Gasteiger partial charge < -0.3 is 0 Å². The molecule has 1 aromatic heterocycles. The van der Waals surface area contributed by atoms with E-state index >= 15 is 0 Å². The maximum absolute atomic E-state index is 12.1. The van der Waals surface area contributed by atoms with E-state index in [-0.39, 0.29) is 11.6 Å². The summed E-state index contributed by atoms with van der Waals surface area (Å²) < 4.78 is 1.29. The standard InChI is InChI=1S/C12H11N3O3/c1-8-7-9(2)14(13-8)12(16)10-3-5-11(6-4-10)15(17)18/h3-7H,1-2H3. The van der Waals surface area contributed by atoms with Crippen LogP contribution >= 0.6 is 0 Å². The topological polar surface area (TPSA) is 78.0 Å². The molecule has 0 bridgehead atoms. The fraction of sp³-hybridized carbons (Fsp3) is 0.167. The van der Waals surface area contributed by atoms with Gasteiger partial charge in [0.05, 0.1) is 10.6 Å². The number of aromatic nitrogens is 2. The summed E-state index contributed by atoms with van der Waals surface area (Å²) >= 11 is 0. The van der Waals surface area contributed by atoms with Gasteiger partial charge in [0, 0.05) is 23.4 Å². The molecule has 18 heavy (non-hydrogen) atoms. The van der Waals surface area contributed by atoms with Crippen molar-refractivity contribution in [1.29, 1.82) is 0 Å². The van der Waals surface area contributed by atoms with Crippen LogP contribution in [0.1, 0.15) is 21.7 Å². The molecule has 0 saturated carbocycles. The fourth-order valence-electron chi connectivity index (χ4n) is 1.68. The third-order valence-electron chi connectivity index (χ3n) is 2.53. The quantitative estimate of drug-likeness (QED) is 0.599. The second kappa shape index (κ2) is 4.40. The van der Waals surface area contributed by atoms with Crippen molar-refractivity contribution in [2.45, 2.75) is 13.8 Å². The lowest BCUT2D eigenvalue weighted by Gasteiger charge is -2.02. The van der Waals surface area contributed by atoms with E-state index in [0.717, 1.165) is 11.4 Å². The van der Waals surface area contributed by atoms with Crippen LogP contribution in [-0.2, 0) is 0 Å². The molecule has 0 N–H and O–H groups in total. The molecule has 92 valence electrons. The number of carbonyl (C=O) groups is 1. The van der Waals surface area contributed by atoms with E-state index < -0.39 is 4.92 Å². The van der Waals surface area contributed by atoms with Crippen LogP contribution in [0.5, 0.6) is 0 Å². The average Bonchev–Trinajstić information content (AvgIpc) is 2.67. The minimum Gasteiger partial charge on any atom is -0.267 e. The van der Waals surface area contributed by atoms with Crippen LogP contribution in [-0.4, -0.2) is 20.6 Å². The molecule has 0 atom stereocenters. The van der Waals surface area contributed by atoms with Crippen LogP contribution in [0.2, 0.25) is 0 Å². The number of carbonyl (C=O) groups excluding carboxylic acids is 1. The number of benzene rings is 1. The number of hydrogen-bond donors (Lipinski definition) is 0. The Morgan fingerprint density at radius 1 is 1.28 bits per heavy atom. The Labute approximate surface area is 103 Å². The van der Waals surface area contributed by atoms with Crippen molar-refractivity contribution in [3.05, 3.63) is 57.4 Å². The summed E-state index contributed by atoms with van der Waals surface area (Å²) in [5, 5.41) is 14.6. The average molecular weight is 245 g/mol. The van der Waals surface area contributed by atoms with Crippen molar-refractivity contribution >= 4 is 11.6 Å². The van der Waals surface area contributed by atoms with E-state index in [1.165, 1.54) is 28.9 Å². The molecule has 0 amide bonds. The monoisotopic (exact) mass is 245 g/mol. The summed E-state index contributed by atoms with van der Waals surface area (Å²) in [6.07, 6.45) is 0. The first-order valence-corrected chi connectivity index (χ1v) is 5.31. The number of aryl methyl sites for hydroxylation is 2.